The summed E-state index contributed by atoms with van der Waals surface area (Å²) in [6.45, 7) is 14.1. The summed E-state index contributed by atoms with van der Waals surface area (Å²) >= 11 is 0. The number of ether oxygens (including phenoxy) is 1. The van der Waals surface area contributed by atoms with Crippen molar-refractivity contribution in [2.24, 2.45) is 5.92 Å². The van der Waals surface area contributed by atoms with Crippen LogP contribution in [0.25, 0.3) is 0 Å². The second-order valence-electron chi connectivity index (χ2n) is 10.4. The molecule has 1 aromatic carbocycles. The number of amides is 2. The van der Waals surface area contributed by atoms with E-state index >= 15 is 0 Å². The first-order valence-electron chi connectivity index (χ1n) is 12.3. The van der Waals surface area contributed by atoms with Crippen molar-refractivity contribution in [1.82, 2.24) is 14.9 Å². The first kappa shape index (κ1) is 24.8. The molecule has 188 valence electrons. The van der Waals surface area contributed by atoms with Crippen molar-refractivity contribution < 1.29 is 14.3 Å². The molecule has 1 aromatic heterocycles. The molecule has 1 saturated heterocycles. The second-order valence-corrected chi connectivity index (χ2v) is 10.4. The Labute approximate surface area is 207 Å². The molecule has 3 heterocycles. The van der Waals surface area contributed by atoms with Crippen molar-refractivity contribution in [3.63, 3.8) is 0 Å². The van der Waals surface area contributed by atoms with Gasteiger partial charge in [0.25, 0.3) is 0 Å². The van der Waals surface area contributed by atoms with Gasteiger partial charge < -0.3 is 24.8 Å². The van der Waals surface area contributed by atoms with Crippen LogP contribution in [-0.4, -0.2) is 64.7 Å². The third-order valence-corrected chi connectivity index (χ3v) is 6.79. The van der Waals surface area contributed by atoms with E-state index in [1.807, 2.05) is 31.7 Å². The van der Waals surface area contributed by atoms with Gasteiger partial charge >= 0.3 is 6.09 Å². The van der Waals surface area contributed by atoms with E-state index in [0.717, 1.165) is 16.9 Å². The Morgan fingerprint density at radius 3 is 2.31 bits per heavy atom. The number of carbonyl (C=O) groups excluding carboxylic acids is 2. The molecule has 4 rings (SSSR count). The quantitative estimate of drug-likeness (QED) is 0.708. The molecule has 0 bridgehead atoms. The van der Waals surface area contributed by atoms with E-state index in [9.17, 15) is 9.59 Å². The highest BCUT2D eigenvalue weighted by molar-refractivity contribution is 5.94. The van der Waals surface area contributed by atoms with Crippen molar-refractivity contribution in [2.45, 2.75) is 59.2 Å². The van der Waals surface area contributed by atoms with Crippen LogP contribution in [0.3, 0.4) is 0 Å². The van der Waals surface area contributed by atoms with Crippen molar-refractivity contribution in [2.75, 3.05) is 41.3 Å². The molecule has 1 fully saturated rings. The average Bonchev–Trinajstić information content (AvgIpc) is 2.81. The van der Waals surface area contributed by atoms with Crippen LogP contribution in [0.4, 0.5) is 22.1 Å². The van der Waals surface area contributed by atoms with Gasteiger partial charge in [0.1, 0.15) is 5.60 Å². The zero-order valence-corrected chi connectivity index (χ0v) is 21.5. The smallest absolute Gasteiger partial charge is 0.410 e. The van der Waals surface area contributed by atoms with Gasteiger partial charge in [0.05, 0.1) is 6.04 Å². The molecule has 2 amide bonds. The Bertz CT molecular complexity index is 1060. The van der Waals surface area contributed by atoms with Gasteiger partial charge in [-0.05, 0) is 52.0 Å². The SMILES string of the molecule is CC(=O)N1c2ccc(N3CCN(C(=O)OC(C)(C)C)CC3)cc2C(Nc2ncccn2)[C@@H](C)[C@@H]1C. The lowest BCUT2D eigenvalue weighted by Crippen LogP contribution is -2.50. The average molecular weight is 481 g/mol. The van der Waals surface area contributed by atoms with Crippen molar-refractivity contribution in [1.29, 1.82) is 0 Å². The fraction of sp³-hybridized carbons (Fsp3) is 0.538. The van der Waals surface area contributed by atoms with E-state index < -0.39 is 5.60 Å². The molecule has 1 unspecified atom stereocenters. The van der Waals surface area contributed by atoms with Gasteiger partial charge in [-0.2, -0.15) is 0 Å². The number of fused-ring (bicyclic) bond motifs is 1. The van der Waals surface area contributed by atoms with Crippen LogP contribution in [-0.2, 0) is 9.53 Å². The molecular weight excluding hydrogens is 444 g/mol. The van der Waals surface area contributed by atoms with E-state index in [0.29, 0.717) is 32.1 Å². The van der Waals surface area contributed by atoms with E-state index in [1.165, 1.54) is 0 Å². The highest BCUT2D eigenvalue weighted by atomic mass is 16.6. The maximum absolute atomic E-state index is 12.6. The Kier molecular flexibility index (Phi) is 6.87. The highest BCUT2D eigenvalue weighted by Gasteiger charge is 2.39. The third-order valence-electron chi connectivity index (χ3n) is 6.79. The van der Waals surface area contributed by atoms with Crippen LogP contribution >= 0.6 is 0 Å². The van der Waals surface area contributed by atoms with Crippen LogP contribution in [0.2, 0.25) is 0 Å². The minimum Gasteiger partial charge on any atom is -0.444 e. The first-order chi connectivity index (χ1) is 16.5. The number of hydrogen-bond donors (Lipinski definition) is 1. The molecule has 35 heavy (non-hydrogen) atoms. The number of piperazine rings is 1. The molecule has 3 atom stereocenters. The van der Waals surface area contributed by atoms with Gasteiger partial charge in [0.2, 0.25) is 11.9 Å². The minimum atomic E-state index is -0.506. The molecule has 2 aromatic rings. The largest absolute Gasteiger partial charge is 0.444 e. The molecule has 0 radical (unpaired) electrons. The number of nitrogens with one attached hydrogen (secondary N) is 1. The highest BCUT2D eigenvalue weighted by Crippen LogP contribution is 2.43. The summed E-state index contributed by atoms with van der Waals surface area (Å²) in [4.78, 5) is 39.7. The molecule has 0 aliphatic carbocycles. The third kappa shape index (κ3) is 5.33. The van der Waals surface area contributed by atoms with Crippen LogP contribution in [0.15, 0.2) is 36.7 Å². The minimum absolute atomic E-state index is 0.0180. The summed E-state index contributed by atoms with van der Waals surface area (Å²) < 4.78 is 5.53. The Hall–Kier alpha value is -3.36. The van der Waals surface area contributed by atoms with Crippen LogP contribution in [0.1, 0.15) is 53.1 Å². The van der Waals surface area contributed by atoms with Crippen molar-refractivity contribution >= 4 is 29.3 Å². The number of nitrogens with zero attached hydrogens (tertiary/aromatic N) is 5. The lowest BCUT2D eigenvalue weighted by molar-refractivity contribution is -0.117. The Balaban J connectivity index is 1.59. The Morgan fingerprint density at radius 2 is 1.71 bits per heavy atom. The number of anilines is 3. The predicted octanol–water partition coefficient (Wildman–Crippen LogP) is 4.08. The van der Waals surface area contributed by atoms with E-state index in [1.54, 1.807) is 30.3 Å². The number of aromatic nitrogens is 2. The number of benzene rings is 1. The number of hydrogen-bond acceptors (Lipinski definition) is 7. The van der Waals surface area contributed by atoms with Crippen LogP contribution in [0, 0.1) is 5.92 Å². The second kappa shape index (κ2) is 9.71. The molecule has 9 nitrogen and oxygen atoms in total. The molecule has 2 aliphatic heterocycles. The maximum atomic E-state index is 12.6. The lowest BCUT2D eigenvalue weighted by Gasteiger charge is -2.44. The van der Waals surface area contributed by atoms with E-state index in [-0.39, 0.29) is 30.0 Å². The fourth-order valence-corrected chi connectivity index (χ4v) is 4.88. The summed E-state index contributed by atoms with van der Waals surface area (Å²) in [6.07, 6.45) is 3.17. The number of rotatable bonds is 3. The first-order valence-corrected chi connectivity index (χ1v) is 12.3. The monoisotopic (exact) mass is 480 g/mol. The van der Waals surface area contributed by atoms with E-state index in [2.05, 4.69) is 46.2 Å². The van der Waals surface area contributed by atoms with Gasteiger partial charge in [-0.15, -0.1) is 0 Å². The zero-order chi connectivity index (χ0) is 25.3. The van der Waals surface area contributed by atoms with Gasteiger partial charge in [0.15, 0.2) is 0 Å². The molecule has 0 spiro atoms. The van der Waals surface area contributed by atoms with Crippen molar-refractivity contribution in [3.05, 3.63) is 42.2 Å². The van der Waals surface area contributed by atoms with E-state index in [4.69, 9.17) is 4.74 Å². The lowest BCUT2D eigenvalue weighted by atomic mass is 9.82. The Morgan fingerprint density at radius 1 is 1.06 bits per heavy atom. The summed E-state index contributed by atoms with van der Waals surface area (Å²) in [6, 6.07) is 8.02. The summed E-state index contributed by atoms with van der Waals surface area (Å²) in [5.74, 6) is 0.725. The predicted molar refractivity (Wildman–Crippen MR) is 137 cm³/mol. The number of carbonyl (C=O) groups is 2. The van der Waals surface area contributed by atoms with Gasteiger partial charge in [0, 0.05) is 74.4 Å². The molecule has 2 aliphatic rings. The van der Waals surface area contributed by atoms with Crippen LogP contribution in [0.5, 0.6) is 0 Å². The summed E-state index contributed by atoms with van der Waals surface area (Å²) in [7, 11) is 0. The molecule has 0 saturated carbocycles. The van der Waals surface area contributed by atoms with Crippen LogP contribution < -0.4 is 15.1 Å². The summed E-state index contributed by atoms with van der Waals surface area (Å²) in [5, 5.41) is 3.50. The fourth-order valence-electron chi connectivity index (χ4n) is 4.88. The molecule has 1 N–H and O–H groups in total. The topological polar surface area (TPSA) is 90.9 Å². The molecule has 9 heteroatoms. The summed E-state index contributed by atoms with van der Waals surface area (Å²) in [5.41, 5.74) is 2.52. The van der Waals surface area contributed by atoms with Crippen molar-refractivity contribution in [3.8, 4) is 0 Å². The maximum Gasteiger partial charge on any atom is 0.410 e. The van der Waals surface area contributed by atoms with Gasteiger partial charge in [-0.3, -0.25) is 4.79 Å². The molecular formula is C26H36N6O3. The zero-order valence-electron chi connectivity index (χ0n) is 21.5. The standard InChI is InChI=1S/C26H36N6O3/c1-17-18(2)32(19(3)33)22-9-8-20(16-21(22)23(17)29-24-27-10-7-11-28-24)30-12-14-31(15-13-30)25(34)35-26(4,5)6/h7-11,16-18,23H,12-15H2,1-6H3,(H,27,28,29)/t17-,18-,23?/m0/s1. The van der Waals surface area contributed by atoms with Gasteiger partial charge in [-0.25, -0.2) is 14.8 Å². The van der Waals surface area contributed by atoms with Gasteiger partial charge in [-0.1, -0.05) is 6.92 Å². The normalized spacial score (nSPS) is 22.5.